The molecular formula is C15H17NO2S. The van der Waals surface area contributed by atoms with Gasteiger partial charge in [0.15, 0.2) is 11.5 Å². The first kappa shape index (κ1) is 12.4. The number of fused-ring (bicyclic) bond motifs is 1. The van der Waals surface area contributed by atoms with Crippen LogP contribution in [-0.4, -0.2) is 5.79 Å². The number of rotatable bonds is 3. The van der Waals surface area contributed by atoms with Gasteiger partial charge in [0.1, 0.15) is 0 Å². The highest BCUT2D eigenvalue weighted by Gasteiger charge is 2.31. The van der Waals surface area contributed by atoms with Crippen molar-refractivity contribution in [1.82, 2.24) is 0 Å². The van der Waals surface area contributed by atoms with E-state index >= 15 is 0 Å². The molecule has 1 aromatic heterocycles. The highest BCUT2D eigenvalue weighted by molar-refractivity contribution is 7.11. The second-order valence-electron chi connectivity index (χ2n) is 5.13. The largest absolute Gasteiger partial charge is 0.449 e. The van der Waals surface area contributed by atoms with E-state index < -0.39 is 5.79 Å². The summed E-state index contributed by atoms with van der Waals surface area (Å²) in [5.74, 6) is 1.05. The molecule has 0 saturated carbocycles. The van der Waals surface area contributed by atoms with Crippen LogP contribution >= 0.6 is 11.3 Å². The predicted molar refractivity (Wildman–Crippen MR) is 78.2 cm³/mol. The quantitative estimate of drug-likeness (QED) is 0.911. The smallest absolute Gasteiger partial charge is 0.246 e. The maximum atomic E-state index is 5.73. The van der Waals surface area contributed by atoms with Crippen LogP contribution in [-0.2, 0) is 6.54 Å². The van der Waals surface area contributed by atoms with E-state index in [1.54, 1.807) is 0 Å². The zero-order valence-electron chi connectivity index (χ0n) is 11.3. The summed E-state index contributed by atoms with van der Waals surface area (Å²) in [5.41, 5.74) is 1.05. The van der Waals surface area contributed by atoms with Crippen molar-refractivity contribution in [3.63, 3.8) is 0 Å². The number of thiophene rings is 1. The first-order valence-electron chi connectivity index (χ1n) is 6.33. The summed E-state index contributed by atoms with van der Waals surface area (Å²) < 4.78 is 11.4. The number of ether oxygens (including phenoxy) is 2. The standard InChI is InChI=1S/C15H17NO2S/c1-10-4-6-12(19-10)9-16-11-5-7-13-14(8-11)18-15(2,3)17-13/h4-8,16H,9H2,1-3H3. The second-order valence-corrected chi connectivity index (χ2v) is 6.50. The van der Waals surface area contributed by atoms with Gasteiger partial charge in [-0.2, -0.15) is 0 Å². The maximum absolute atomic E-state index is 5.73. The topological polar surface area (TPSA) is 30.5 Å². The number of nitrogens with one attached hydrogen (secondary N) is 1. The minimum absolute atomic E-state index is 0.564. The van der Waals surface area contributed by atoms with Gasteiger partial charge in [0.05, 0.1) is 0 Å². The minimum Gasteiger partial charge on any atom is -0.449 e. The number of anilines is 1. The third kappa shape index (κ3) is 2.68. The van der Waals surface area contributed by atoms with Gasteiger partial charge in [-0.25, -0.2) is 0 Å². The van der Waals surface area contributed by atoms with Gasteiger partial charge in [-0.1, -0.05) is 0 Å². The van der Waals surface area contributed by atoms with Crippen molar-refractivity contribution in [2.24, 2.45) is 0 Å². The van der Waals surface area contributed by atoms with Crippen molar-refractivity contribution < 1.29 is 9.47 Å². The molecule has 0 fully saturated rings. The van der Waals surface area contributed by atoms with Crippen molar-refractivity contribution in [2.75, 3.05) is 5.32 Å². The molecule has 0 spiro atoms. The van der Waals surface area contributed by atoms with E-state index in [0.717, 1.165) is 23.7 Å². The number of hydrogen-bond acceptors (Lipinski definition) is 4. The van der Waals surface area contributed by atoms with E-state index in [0.29, 0.717) is 0 Å². The molecule has 0 bridgehead atoms. The van der Waals surface area contributed by atoms with E-state index in [1.807, 2.05) is 43.4 Å². The lowest BCUT2D eigenvalue weighted by atomic mass is 10.2. The Balaban J connectivity index is 1.70. The minimum atomic E-state index is -0.564. The molecule has 0 amide bonds. The Bertz CT molecular complexity index is 604. The van der Waals surface area contributed by atoms with Crippen LogP contribution < -0.4 is 14.8 Å². The van der Waals surface area contributed by atoms with Crippen LogP contribution in [0.2, 0.25) is 0 Å². The molecule has 3 nitrogen and oxygen atoms in total. The molecule has 100 valence electrons. The van der Waals surface area contributed by atoms with Crippen LogP contribution in [0.25, 0.3) is 0 Å². The van der Waals surface area contributed by atoms with Crippen LogP contribution in [0.5, 0.6) is 11.5 Å². The lowest BCUT2D eigenvalue weighted by Gasteiger charge is -2.16. The fraction of sp³-hybridized carbons (Fsp3) is 0.333. The van der Waals surface area contributed by atoms with Crippen LogP contribution in [0.3, 0.4) is 0 Å². The van der Waals surface area contributed by atoms with Gasteiger partial charge in [-0.05, 0) is 31.2 Å². The molecule has 0 radical (unpaired) electrons. The van der Waals surface area contributed by atoms with Gasteiger partial charge in [-0.3, -0.25) is 0 Å². The van der Waals surface area contributed by atoms with E-state index in [-0.39, 0.29) is 0 Å². The molecule has 3 rings (SSSR count). The Morgan fingerprint density at radius 3 is 2.63 bits per heavy atom. The average Bonchev–Trinajstić information content (AvgIpc) is 2.87. The fourth-order valence-electron chi connectivity index (χ4n) is 2.10. The summed E-state index contributed by atoms with van der Waals surface area (Å²) in [6.45, 7) is 6.78. The van der Waals surface area contributed by atoms with E-state index in [2.05, 4.69) is 24.4 Å². The van der Waals surface area contributed by atoms with Crippen molar-refractivity contribution in [3.8, 4) is 11.5 Å². The van der Waals surface area contributed by atoms with Gasteiger partial charge < -0.3 is 14.8 Å². The van der Waals surface area contributed by atoms with Crippen LogP contribution in [0.4, 0.5) is 5.69 Å². The van der Waals surface area contributed by atoms with E-state index in [4.69, 9.17) is 9.47 Å². The Hall–Kier alpha value is -1.68. The molecule has 0 saturated heterocycles. The number of benzene rings is 1. The molecule has 0 atom stereocenters. The maximum Gasteiger partial charge on any atom is 0.246 e. The SMILES string of the molecule is Cc1ccc(CNc2ccc3c(c2)OC(C)(C)O3)s1. The first-order chi connectivity index (χ1) is 9.02. The molecule has 19 heavy (non-hydrogen) atoms. The van der Waals surface area contributed by atoms with Gasteiger partial charge in [-0.15, -0.1) is 11.3 Å². The third-order valence-electron chi connectivity index (χ3n) is 2.92. The Labute approximate surface area is 117 Å². The summed E-state index contributed by atoms with van der Waals surface area (Å²) >= 11 is 1.81. The molecule has 0 aliphatic carbocycles. The average molecular weight is 275 g/mol. The third-order valence-corrected chi connectivity index (χ3v) is 3.92. The monoisotopic (exact) mass is 275 g/mol. The molecule has 0 unspecified atom stereocenters. The van der Waals surface area contributed by atoms with Crippen molar-refractivity contribution in [3.05, 3.63) is 40.1 Å². The molecule has 1 aliphatic heterocycles. The summed E-state index contributed by atoms with van der Waals surface area (Å²) in [5, 5.41) is 3.41. The number of aryl methyl sites for hydroxylation is 1. The second kappa shape index (κ2) is 4.46. The van der Waals surface area contributed by atoms with Crippen molar-refractivity contribution in [1.29, 1.82) is 0 Å². The summed E-state index contributed by atoms with van der Waals surface area (Å²) in [6.07, 6.45) is 0. The Morgan fingerprint density at radius 1 is 1.11 bits per heavy atom. The van der Waals surface area contributed by atoms with Gasteiger partial charge in [0, 0.05) is 41.9 Å². The molecule has 2 heterocycles. The summed E-state index contributed by atoms with van der Waals surface area (Å²) in [6, 6.07) is 10.3. The summed E-state index contributed by atoms with van der Waals surface area (Å²) in [7, 11) is 0. The first-order valence-corrected chi connectivity index (χ1v) is 7.15. The number of hydrogen-bond donors (Lipinski definition) is 1. The molecule has 2 aromatic rings. The lowest BCUT2D eigenvalue weighted by molar-refractivity contribution is -0.0431. The molecular weight excluding hydrogens is 258 g/mol. The van der Waals surface area contributed by atoms with Gasteiger partial charge in [0.2, 0.25) is 5.79 Å². The normalized spacial score (nSPS) is 15.5. The molecule has 4 heteroatoms. The van der Waals surface area contributed by atoms with Crippen molar-refractivity contribution in [2.45, 2.75) is 33.1 Å². The van der Waals surface area contributed by atoms with Gasteiger partial charge in [0.25, 0.3) is 0 Å². The van der Waals surface area contributed by atoms with Crippen molar-refractivity contribution >= 4 is 17.0 Å². The molecule has 1 aromatic carbocycles. The van der Waals surface area contributed by atoms with Crippen LogP contribution in [0, 0.1) is 6.92 Å². The van der Waals surface area contributed by atoms with E-state index in [9.17, 15) is 0 Å². The van der Waals surface area contributed by atoms with Crippen LogP contribution in [0.1, 0.15) is 23.6 Å². The summed E-state index contributed by atoms with van der Waals surface area (Å²) in [4.78, 5) is 2.67. The Kier molecular flexibility index (Phi) is 2.90. The highest BCUT2D eigenvalue weighted by Crippen LogP contribution is 2.40. The zero-order chi connectivity index (χ0) is 13.5. The van der Waals surface area contributed by atoms with Gasteiger partial charge >= 0.3 is 0 Å². The molecule has 1 N–H and O–H groups in total. The lowest BCUT2D eigenvalue weighted by Crippen LogP contribution is -2.29. The zero-order valence-corrected chi connectivity index (χ0v) is 12.1. The predicted octanol–water partition coefficient (Wildman–Crippen LogP) is 4.18. The highest BCUT2D eigenvalue weighted by atomic mass is 32.1. The molecule has 1 aliphatic rings. The van der Waals surface area contributed by atoms with E-state index in [1.165, 1.54) is 9.75 Å². The Morgan fingerprint density at radius 2 is 1.89 bits per heavy atom. The fourth-order valence-corrected chi connectivity index (χ4v) is 2.93. The van der Waals surface area contributed by atoms with Crippen LogP contribution in [0.15, 0.2) is 30.3 Å².